The van der Waals surface area contributed by atoms with E-state index in [0.717, 1.165) is 135 Å². The number of likely N-dealkylation sites (tertiary alicyclic amines) is 1. The second-order valence-corrected chi connectivity index (χ2v) is 20.8. The Morgan fingerprint density at radius 2 is 1.68 bits per heavy atom. The first kappa shape index (κ1) is 50.0. The van der Waals surface area contributed by atoms with Crippen LogP contribution in [-0.2, 0) is 21.5 Å². The molecular weight excluding hydrogens is 894 g/mol. The van der Waals surface area contributed by atoms with Crippen LogP contribution in [0.1, 0.15) is 116 Å². The highest BCUT2D eigenvalue weighted by atomic mass is 19.1. The lowest BCUT2D eigenvalue weighted by atomic mass is 9.79. The molecule has 2 atom stereocenters. The number of benzene rings is 2. The Morgan fingerprint density at radius 3 is 2.32 bits per heavy atom. The number of aromatic nitrogens is 2. The molecule has 0 bridgehead atoms. The van der Waals surface area contributed by atoms with Gasteiger partial charge in [0.15, 0.2) is 0 Å². The van der Waals surface area contributed by atoms with E-state index in [-0.39, 0.29) is 29.2 Å². The Morgan fingerprint density at radius 1 is 0.944 bits per heavy atom. The Balaban J connectivity index is 0.758. The Labute approximate surface area is 418 Å². The molecule has 2 saturated heterocycles. The van der Waals surface area contributed by atoms with Crippen molar-refractivity contribution in [2.24, 2.45) is 11.7 Å². The highest BCUT2D eigenvalue weighted by Crippen LogP contribution is 2.52. The first-order valence-corrected chi connectivity index (χ1v) is 26.0. The van der Waals surface area contributed by atoms with Crippen molar-refractivity contribution in [3.8, 4) is 5.69 Å². The molecule has 2 aromatic carbocycles. The number of anilines is 2. The molecule has 4 aromatic rings. The van der Waals surface area contributed by atoms with Gasteiger partial charge in [-0.1, -0.05) is 49.6 Å². The standard InChI is InChI=1S/C57H72FN9O4/c1-7-49(54(59)69)67-51-11-10-42(32-47(51)57(56(67)71)18-8-9-19-57)36-63-28-26-62(27-29-63)35-41-13-21-65(22-14-41)55(70)44-30-38(3)53(48(58)33-44)43-15-23-64(24-16-43)40(5)37(2)31-46-39(4)61-20-12-50(46)66-25-17-45(60-6)34-52(66)68/h10-12,15,17,20,25,30-34,40-41,49,60H,7-9,13-14,16,18-19,21-24,26-29,35-36H2,1-6H3,(H2,59,69)/b37-31+. The van der Waals surface area contributed by atoms with Gasteiger partial charge in [0, 0.05) is 131 Å². The molecule has 13 nitrogen and oxygen atoms in total. The molecule has 1 spiro atoms. The summed E-state index contributed by atoms with van der Waals surface area (Å²) in [5.74, 6) is -0.346. The third kappa shape index (κ3) is 9.99. The molecule has 1 aliphatic carbocycles. The highest BCUT2D eigenvalue weighted by Gasteiger charge is 2.54. The topological polar surface area (TPSA) is 140 Å². The van der Waals surface area contributed by atoms with Crippen LogP contribution in [0, 0.1) is 25.6 Å². The van der Waals surface area contributed by atoms with Gasteiger partial charge >= 0.3 is 0 Å². The minimum atomic E-state index is -0.627. The fourth-order valence-corrected chi connectivity index (χ4v) is 12.2. The maximum Gasteiger partial charge on any atom is 0.257 e. The molecule has 1 saturated carbocycles. The maximum atomic E-state index is 16.1. The first-order valence-electron chi connectivity index (χ1n) is 26.0. The average molecular weight is 966 g/mol. The number of amides is 3. The summed E-state index contributed by atoms with van der Waals surface area (Å²) in [7, 11) is 1.79. The Hall–Kier alpha value is -5.96. The molecular formula is C57H72FN9O4. The van der Waals surface area contributed by atoms with Crippen molar-refractivity contribution in [2.45, 2.75) is 110 Å². The number of piperidine rings is 1. The number of nitrogens with one attached hydrogen (secondary N) is 1. The van der Waals surface area contributed by atoms with Crippen LogP contribution in [-0.4, -0.2) is 125 Å². The fraction of sp³-hybridized carbons (Fsp3) is 0.491. The summed E-state index contributed by atoms with van der Waals surface area (Å²) in [5, 5.41) is 3.03. The lowest BCUT2D eigenvalue weighted by molar-refractivity contribution is -0.127. The Kier molecular flexibility index (Phi) is 14.8. The second-order valence-electron chi connectivity index (χ2n) is 20.8. The number of aryl methyl sites for hydroxylation is 2. The van der Waals surface area contributed by atoms with E-state index < -0.39 is 17.4 Å². The number of hydrogen-bond donors (Lipinski definition) is 2. The van der Waals surface area contributed by atoms with Gasteiger partial charge in [0.05, 0.1) is 11.1 Å². The molecule has 6 heterocycles. The van der Waals surface area contributed by atoms with Gasteiger partial charge in [0.25, 0.3) is 11.5 Å². The van der Waals surface area contributed by atoms with Gasteiger partial charge in [-0.25, -0.2) is 4.39 Å². The van der Waals surface area contributed by atoms with Crippen molar-refractivity contribution in [2.75, 3.05) is 76.2 Å². The van der Waals surface area contributed by atoms with E-state index in [4.69, 9.17) is 5.73 Å². The smallest absolute Gasteiger partial charge is 0.257 e. The van der Waals surface area contributed by atoms with Crippen molar-refractivity contribution in [1.29, 1.82) is 0 Å². The molecule has 9 rings (SSSR count). The zero-order valence-corrected chi connectivity index (χ0v) is 42.6. The summed E-state index contributed by atoms with van der Waals surface area (Å²) >= 11 is 0. The molecule has 3 fully saturated rings. The number of nitrogens with two attached hydrogens (primary N) is 1. The van der Waals surface area contributed by atoms with E-state index in [9.17, 15) is 19.2 Å². The van der Waals surface area contributed by atoms with Crippen molar-refractivity contribution < 1.29 is 18.8 Å². The molecule has 0 radical (unpaired) electrons. The number of fused-ring (bicyclic) bond motifs is 2. The normalized spacial score (nSPS) is 20.1. The number of nitrogens with zero attached hydrogens (tertiary/aromatic N) is 7. The van der Waals surface area contributed by atoms with Gasteiger partial charge in [-0.15, -0.1) is 0 Å². The average Bonchev–Trinajstić information content (AvgIpc) is 3.95. The van der Waals surface area contributed by atoms with Crippen molar-refractivity contribution in [3.63, 3.8) is 0 Å². The van der Waals surface area contributed by atoms with Crippen molar-refractivity contribution in [3.05, 3.63) is 128 Å². The molecule has 376 valence electrons. The van der Waals surface area contributed by atoms with Crippen LogP contribution >= 0.6 is 0 Å². The zero-order valence-electron chi connectivity index (χ0n) is 42.6. The summed E-state index contributed by atoms with van der Waals surface area (Å²) in [6, 6.07) is 14.5. The van der Waals surface area contributed by atoms with Crippen LogP contribution in [0.4, 0.5) is 15.8 Å². The summed E-state index contributed by atoms with van der Waals surface area (Å²) < 4.78 is 17.8. The zero-order chi connectivity index (χ0) is 50.1. The summed E-state index contributed by atoms with van der Waals surface area (Å²) in [4.78, 5) is 68.8. The van der Waals surface area contributed by atoms with Crippen LogP contribution in [0.5, 0.6) is 0 Å². The number of carbonyl (C=O) groups is 3. The predicted octanol–water partition coefficient (Wildman–Crippen LogP) is 7.70. The molecule has 2 aromatic heterocycles. The van der Waals surface area contributed by atoms with Gasteiger partial charge < -0.3 is 20.9 Å². The van der Waals surface area contributed by atoms with Crippen LogP contribution in [0.25, 0.3) is 17.3 Å². The van der Waals surface area contributed by atoms with Crippen molar-refractivity contribution in [1.82, 2.24) is 29.2 Å². The molecule has 2 unspecified atom stereocenters. The number of primary amides is 1. The van der Waals surface area contributed by atoms with Gasteiger partial charge in [-0.3, -0.25) is 43.4 Å². The SMILES string of the molecule is CCC(C(N)=O)N1C(=O)C2(CCCC2)c2cc(CN3CCN(CC4CCN(C(=O)c5cc(C)c(C6=CCN(C(C)/C(C)=C/c7c(-n8ccc(NC)cc8=O)ccnc7C)CC6)c(F)c5)CC4)CC3)ccc21. The van der Waals surface area contributed by atoms with E-state index in [0.29, 0.717) is 49.5 Å². The highest BCUT2D eigenvalue weighted by molar-refractivity contribution is 6.12. The number of hydrogen-bond acceptors (Lipinski definition) is 9. The van der Waals surface area contributed by atoms with Gasteiger partial charge in [-0.2, -0.15) is 0 Å². The largest absolute Gasteiger partial charge is 0.388 e. The third-order valence-electron chi connectivity index (χ3n) is 16.5. The molecule has 3 amide bonds. The lowest BCUT2D eigenvalue weighted by Crippen LogP contribution is -2.49. The fourth-order valence-electron chi connectivity index (χ4n) is 12.2. The van der Waals surface area contributed by atoms with Crippen LogP contribution in [0.3, 0.4) is 0 Å². The molecule has 14 heteroatoms. The van der Waals surface area contributed by atoms with Crippen LogP contribution in [0.2, 0.25) is 0 Å². The number of pyridine rings is 2. The van der Waals surface area contributed by atoms with Gasteiger partial charge in [0.1, 0.15) is 11.9 Å². The van der Waals surface area contributed by atoms with E-state index in [2.05, 4.69) is 63.1 Å². The lowest BCUT2D eigenvalue weighted by Gasteiger charge is -2.39. The van der Waals surface area contributed by atoms with Gasteiger partial charge in [-0.05, 0) is 125 Å². The summed E-state index contributed by atoms with van der Waals surface area (Å²) in [5.41, 5.74) is 15.5. The quantitative estimate of drug-likeness (QED) is 0.130. The monoisotopic (exact) mass is 966 g/mol. The van der Waals surface area contributed by atoms with Crippen LogP contribution in [0.15, 0.2) is 77.4 Å². The van der Waals surface area contributed by atoms with Crippen molar-refractivity contribution >= 4 is 40.7 Å². The second kappa shape index (κ2) is 21.0. The maximum absolute atomic E-state index is 16.1. The number of halogens is 1. The minimum absolute atomic E-state index is 0.0457. The number of piperazine rings is 1. The van der Waals surface area contributed by atoms with E-state index in [1.807, 2.05) is 49.9 Å². The number of carbonyl (C=O) groups excluding carboxylic acids is 3. The summed E-state index contributed by atoms with van der Waals surface area (Å²) in [6.45, 7) is 18.5. The molecule has 3 N–H and O–H groups in total. The Bertz CT molecular complexity index is 2770. The van der Waals surface area contributed by atoms with E-state index in [1.165, 1.54) is 11.6 Å². The minimum Gasteiger partial charge on any atom is -0.388 e. The molecule has 5 aliphatic rings. The van der Waals surface area contributed by atoms with E-state index in [1.54, 1.807) is 35.0 Å². The number of rotatable bonds is 14. The van der Waals surface area contributed by atoms with Gasteiger partial charge in [0.2, 0.25) is 11.8 Å². The predicted molar refractivity (Wildman–Crippen MR) is 280 cm³/mol. The van der Waals surface area contributed by atoms with Crippen LogP contribution < -0.4 is 21.5 Å². The third-order valence-corrected chi connectivity index (χ3v) is 16.5. The summed E-state index contributed by atoms with van der Waals surface area (Å²) in [6.07, 6.45) is 14.5. The molecule has 4 aliphatic heterocycles. The molecule has 71 heavy (non-hydrogen) atoms. The first-order chi connectivity index (χ1) is 34.2. The van der Waals surface area contributed by atoms with E-state index >= 15 is 4.39 Å².